The summed E-state index contributed by atoms with van der Waals surface area (Å²) >= 11 is 11.9. The smallest absolute Gasteiger partial charge is 0.310 e. The maximum atomic E-state index is 12.9. The Morgan fingerprint density at radius 3 is 2.73 bits per heavy atom. The zero-order valence-electron chi connectivity index (χ0n) is 14.4. The summed E-state index contributed by atoms with van der Waals surface area (Å²) in [4.78, 5) is 40.4. The summed E-state index contributed by atoms with van der Waals surface area (Å²) in [6.07, 6.45) is 1.61. The van der Waals surface area contributed by atoms with Crippen molar-refractivity contribution in [2.75, 3.05) is 24.6 Å². The molecule has 0 saturated carbocycles. The lowest BCUT2D eigenvalue weighted by molar-refractivity contribution is -0.150. The Balaban J connectivity index is 1.75. The third-order valence-electron chi connectivity index (χ3n) is 4.80. The molecule has 2 heterocycles. The predicted molar refractivity (Wildman–Crippen MR) is 98.3 cm³/mol. The molecular weight excluding hydrogens is 379 g/mol. The van der Waals surface area contributed by atoms with Crippen molar-refractivity contribution in [2.24, 2.45) is 5.92 Å². The van der Waals surface area contributed by atoms with E-state index >= 15 is 0 Å². The molecule has 0 bridgehead atoms. The number of anilines is 1. The van der Waals surface area contributed by atoms with E-state index in [1.807, 2.05) is 4.90 Å². The molecule has 0 spiro atoms. The molecule has 2 aliphatic heterocycles. The first-order valence-electron chi connectivity index (χ1n) is 8.65. The van der Waals surface area contributed by atoms with Gasteiger partial charge >= 0.3 is 5.97 Å². The molecule has 140 valence electrons. The largest absolute Gasteiger partial charge is 0.466 e. The number of piperidine rings is 1. The normalized spacial score (nSPS) is 24.2. The van der Waals surface area contributed by atoms with Crippen molar-refractivity contribution in [3.8, 4) is 0 Å². The minimum atomic E-state index is -0.561. The van der Waals surface area contributed by atoms with Gasteiger partial charge in [0.2, 0.25) is 5.91 Å². The highest BCUT2D eigenvalue weighted by atomic mass is 35.5. The lowest BCUT2D eigenvalue weighted by atomic mass is 9.96. The van der Waals surface area contributed by atoms with E-state index in [2.05, 4.69) is 0 Å². The van der Waals surface area contributed by atoms with Gasteiger partial charge in [-0.15, -0.1) is 0 Å². The molecule has 0 aromatic heterocycles. The van der Waals surface area contributed by atoms with Crippen LogP contribution in [0.3, 0.4) is 0 Å². The van der Waals surface area contributed by atoms with Crippen molar-refractivity contribution in [3.05, 3.63) is 28.2 Å². The Morgan fingerprint density at radius 1 is 1.27 bits per heavy atom. The van der Waals surface area contributed by atoms with E-state index in [0.29, 0.717) is 30.4 Å². The van der Waals surface area contributed by atoms with E-state index < -0.39 is 6.04 Å². The van der Waals surface area contributed by atoms with Crippen molar-refractivity contribution < 1.29 is 19.1 Å². The van der Waals surface area contributed by atoms with Crippen LogP contribution in [0.4, 0.5) is 5.69 Å². The summed E-state index contributed by atoms with van der Waals surface area (Å²) in [5.41, 5.74) is 0.413. The number of carbonyl (C=O) groups excluding carboxylic acids is 3. The maximum absolute atomic E-state index is 12.9. The Morgan fingerprint density at radius 2 is 2.04 bits per heavy atom. The molecule has 2 saturated heterocycles. The highest BCUT2D eigenvalue weighted by Gasteiger charge is 2.44. The number of hydrogen-bond acceptors (Lipinski definition) is 5. The molecule has 3 rings (SSSR count). The first-order valence-corrected chi connectivity index (χ1v) is 9.40. The second-order valence-electron chi connectivity index (χ2n) is 6.47. The minimum absolute atomic E-state index is 0.0919. The third-order valence-corrected chi connectivity index (χ3v) is 5.54. The number of halogens is 2. The predicted octanol–water partition coefficient (Wildman–Crippen LogP) is 2.90. The number of amides is 2. The molecule has 1 aromatic carbocycles. The highest BCUT2D eigenvalue weighted by molar-refractivity contribution is 6.42. The van der Waals surface area contributed by atoms with Gasteiger partial charge in [0.25, 0.3) is 5.91 Å². The van der Waals surface area contributed by atoms with Crippen molar-refractivity contribution in [1.82, 2.24) is 4.90 Å². The maximum Gasteiger partial charge on any atom is 0.310 e. The summed E-state index contributed by atoms with van der Waals surface area (Å²) in [5, 5.41) is 0.646. The van der Waals surface area contributed by atoms with Gasteiger partial charge in [0.05, 0.1) is 40.7 Å². The number of rotatable bonds is 4. The van der Waals surface area contributed by atoms with E-state index in [-0.39, 0.29) is 35.1 Å². The van der Waals surface area contributed by atoms with Crippen LogP contribution in [-0.2, 0) is 19.1 Å². The zero-order chi connectivity index (χ0) is 18.8. The number of imide groups is 1. The fourth-order valence-corrected chi connectivity index (χ4v) is 3.83. The first-order chi connectivity index (χ1) is 12.4. The standard InChI is InChI=1S/C18H20Cl2N2O4/c1-2-26-18(25)11-4-3-7-21(10-11)15-9-16(23)22(17(15)24)12-5-6-13(19)14(20)8-12/h5-6,8,11,15H,2-4,7,9-10H2,1H3/t11-,15-/m0/s1. The number of likely N-dealkylation sites (tertiary alicyclic amines) is 1. The number of esters is 1. The second kappa shape index (κ2) is 7.94. The molecule has 0 N–H and O–H groups in total. The number of ether oxygens (including phenoxy) is 1. The van der Waals surface area contributed by atoms with Crippen molar-refractivity contribution in [2.45, 2.75) is 32.2 Å². The lowest BCUT2D eigenvalue weighted by Gasteiger charge is -2.34. The van der Waals surface area contributed by atoms with E-state index in [0.717, 1.165) is 17.7 Å². The number of benzene rings is 1. The van der Waals surface area contributed by atoms with Gasteiger partial charge in [-0.3, -0.25) is 19.3 Å². The van der Waals surface area contributed by atoms with Crippen LogP contribution in [0.5, 0.6) is 0 Å². The fraction of sp³-hybridized carbons (Fsp3) is 0.500. The third kappa shape index (κ3) is 3.72. The lowest BCUT2D eigenvalue weighted by Crippen LogP contribution is -2.48. The SMILES string of the molecule is CCOC(=O)[C@H]1CCCN([C@H]2CC(=O)N(c3ccc(Cl)c(Cl)c3)C2=O)C1. The van der Waals surface area contributed by atoms with Crippen molar-refractivity contribution in [1.29, 1.82) is 0 Å². The van der Waals surface area contributed by atoms with Gasteiger partial charge in [0, 0.05) is 6.54 Å². The Hall–Kier alpha value is -1.63. The highest BCUT2D eigenvalue weighted by Crippen LogP contribution is 2.32. The van der Waals surface area contributed by atoms with Gasteiger partial charge in [0.1, 0.15) is 0 Å². The fourth-order valence-electron chi connectivity index (χ4n) is 3.54. The van der Waals surface area contributed by atoms with Crippen LogP contribution < -0.4 is 4.90 Å². The molecule has 8 heteroatoms. The number of carbonyl (C=O) groups is 3. The van der Waals surface area contributed by atoms with Gasteiger partial charge in [-0.25, -0.2) is 4.90 Å². The van der Waals surface area contributed by atoms with Crippen LogP contribution in [0.2, 0.25) is 10.0 Å². The molecule has 2 amide bonds. The average Bonchev–Trinajstić information content (AvgIpc) is 2.92. The van der Waals surface area contributed by atoms with Crippen LogP contribution in [0.1, 0.15) is 26.2 Å². The number of hydrogen-bond donors (Lipinski definition) is 0. The Kier molecular flexibility index (Phi) is 5.85. The molecule has 2 atom stereocenters. The van der Waals surface area contributed by atoms with Crippen LogP contribution >= 0.6 is 23.2 Å². The van der Waals surface area contributed by atoms with E-state index in [1.54, 1.807) is 19.1 Å². The Labute approximate surface area is 162 Å². The van der Waals surface area contributed by atoms with Gasteiger partial charge in [0.15, 0.2) is 0 Å². The average molecular weight is 399 g/mol. The quantitative estimate of drug-likeness (QED) is 0.576. The topological polar surface area (TPSA) is 66.9 Å². The molecule has 0 radical (unpaired) electrons. The summed E-state index contributed by atoms with van der Waals surface area (Å²) in [6.45, 7) is 3.21. The van der Waals surface area contributed by atoms with E-state index in [4.69, 9.17) is 27.9 Å². The van der Waals surface area contributed by atoms with Gasteiger partial charge in [-0.1, -0.05) is 23.2 Å². The van der Waals surface area contributed by atoms with Gasteiger partial charge in [-0.2, -0.15) is 0 Å². The molecule has 6 nitrogen and oxygen atoms in total. The Bertz CT molecular complexity index is 740. The molecule has 26 heavy (non-hydrogen) atoms. The zero-order valence-corrected chi connectivity index (χ0v) is 15.9. The molecule has 0 unspecified atom stereocenters. The van der Waals surface area contributed by atoms with Crippen molar-refractivity contribution in [3.63, 3.8) is 0 Å². The molecule has 1 aromatic rings. The molecule has 2 aliphatic rings. The van der Waals surface area contributed by atoms with Gasteiger partial charge in [-0.05, 0) is 44.5 Å². The minimum Gasteiger partial charge on any atom is -0.466 e. The molecule has 2 fully saturated rings. The summed E-state index contributed by atoms with van der Waals surface area (Å²) in [5.74, 6) is -1.07. The monoisotopic (exact) mass is 398 g/mol. The summed E-state index contributed by atoms with van der Waals surface area (Å²) < 4.78 is 5.10. The molecular formula is C18H20Cl2N2O4. The first kappa shape index (κ1) is 19.1. The summed E-state index contributed by atoms with van der Waals surface area (Å²) in [7, 11) is 0. The van der Waals surface area contributed by atoms with Crippen LogP contribution in [0, 0.1) is 5.92 Å². The van der Waals surface area contributed by atoms with Crippen molar-refractivity contribution >= 4 is 46.7 Å². The van der Waals surface area contributed by atoms with E-state index in [1.165, 1.54) is 6.07 Å². The van der Waals surface area contributed by atoms with Crippen LogP contribution in [0.15, 0.2) is 18.2 Å². The van der Waals surface area contributed by atoms with Crippen LogP contribution in [0.25, 0.3) is 0 Å². The molecule has 0 aliphatic carbocycles. The number of nitrogens with zero attached hydrogens (tertiary/aromatic N) is 2. The van der Waals surface area contributed by atoms with Gasteiger partial charge < -0.3 is 4.74 Å². The summed E-state index contributed by atoms with van der Waals surface area (Å²) in [6, 6.07) is 4.11. The second-order valence-corrected chi connectivity index (χ2v) is 7.29. The van der Waals surface area contributed by atoms with Crippen LogP contribution in [-0.4, -0.2) is 48.4 Å². The van der Waals surface area contributed by atoms with E-state index in [9.17, 15) is 14.4 Å².